The maximum atomic E-state index is 12.3. The Morgan fingerprint density at radius 3 is 2.61 bits per heavy atom. The minimum Gasteiger partial charge on any atom is -0.461 e. The summed E-state index contributed by atoms with van der Waals surface area (Å²) in [6.45, 7) is 4.89. The van der Waals surface area contributed by atoms with Crippen LogP contribution in [0, 0.1) is 0 Å². The lowest BCUT2D eigenvalue weighted by molar-refractivity contribution is 0.0518. The van der Waals surface area contributed by atoms with Crippen LogP contribution in [-0.4, -0.2) is 48.7 Å². The van der Waals surface area contributed by atoms with Gasteiger partial charge in [-0.15, -0.1) is 0 Å². The Bertz CT molecular complexity index is 676. The van der Waals surface area contributed by atoms with Crippen LogP contribution in [0.15, 0.2) is 30.3 Å². The highest BCUT2D eigenvalue weighted by atomic mass is 16.5. The Morgan fingerprint density at radius 2 is 1.96 bits per heavy atom. The molecule has 1 aliphatic rings. The third kappa shape index (κ3) is 3.07. The Kier molecular flexibility index (Phi) is 4.62. The fourth-order valence-corrected chi connectivity index (χ4v) is 2.86. The summed E-state index contributed by atoms with van der Waals surface area (Å²) in [6.07, 6.45) is 0. The highest BCUT2D eigenvalue weighted by Crippen LogP contribution is 2.34. The highest BCUT2D eigenvalue weighted by molar-refractivity contribution is 5.98. The SMILES string of the molecule is CCOC(=O)c1nn(C)c(-c2ccccc2)c1N1CCOCC1. The van der Waals surface area contributed by atoms with E-state index in [2.05, 4.69) is 10.00 Å². The van der Waals surface area contributed by atoms with Gasteiger partial charge in [-0.3, -0.25) is 4.68 Å². The van der Waals surface area contributed by atoms with Crippen LogP contribution in [-0.2, 0) is 16.5 Å². The second kappa shape index (κ2) is 6.83. The molecule has 0 N–H and O–H groups in total. The van der Waals surface area contributed by atoms with Gasteiger partial charge >= 0.3 is 5.97 Å². The van der Waals surface area contributed by atoms with E-state index in [0.717, 1.165) is 30.0 Å². The predicted molar refractivity (Wildman–Crippen MR) is 87.6 cm³/mol. The normalized spacial score (nSPS) is 14.8. The van der Waals surface area contributed by atoms with Crippen molar-refractivity contribution in [2.45, 2.75) is 6.92 Å². The molecule has 0 spiro atoms. The fraction of sp³-hybridized carbons (Fsp3) is 0.412. The van der Waals surface area contributed by atoms with Crippen LogP contribution < -0.4 is 4.90 Å². The van der Waals surface area contributed by atoms with Crippen molar-refractivity contribution in [2.24, 2.45) is 7.05 Å². The van der Waals surface area contributed by atoms with E-state index in [1.54, 1.807) is 11.6 Å². The molecule has 0 amide bonds. The van der Waals surface area contributed by atoms with Crippen molar-refractivity contribution in [3.05, 3.63) is 36.0 Å². The smallest absolute Gasteiger partial charge is 0.361 e. The minimum atomic E-state index is -0.383. The average molecular weight is 315 g/mol. The van der Waals surface area contributed by atoms with E-state index in [9.17, 15) is 4.79 Å². The number of carbonyl (C=O) groups excluding carboxylic acids is 1. The van der Waals surface area contributed by atoms with Crippen molar-refractivity contribution in [1.29, 1.82) is 0 Å². The molecule has 0 atom stereocenters. The van der Waals surface area contributed by atoms with Gasteiger partial charge in [0.25, 0.3) is 0 Å². The third-order valence-electron chi connectivity index (χ3n) is 3.87. The second-order valence-electron chi connectivity index (χ2n) is 5.36. The summed E-state index contributed by atoms with van der Waals surface area (Å²) in [5.74, 6) is -0.383. The number of esters is 1. The van der Waals surface area contributed by atoms with Gasteiger partial charge in [0.2, 0.25) is 0 Å². The molecule has 6 nitrogen and oxygen atoms in total. The summed E-state index contributed by atoms with van der Waals surface area (Å²) >= 11 is 0. The van der Waals surface area contributed by atoms with E-state index in [4.69, 9.17) is 9.47 Å². The lowest BCUT2D eigenvalue weighted by atomic mass is 10.1. The molecular weight excluding hydrogens is 294 g/mol. The molecule has 1 aliphatic heterocycles. The molecule has 1 aromatic carbocycles. The van der Waals surface area contributed by atoms with Gasteiger partial charge in [-0.1, -0.05) is 30.3 Å². The van der Waals surface area contributed by atoms with Crippen LogP contribution in [0.3, 0.4) is 0 Å². The Labute approximate surface area is 135 Å². The summed E-state index contributed by atoms with van der Waals surface area (Å²) in [6, 6.07) is 9.98. The van der Waals surface area contributed by atoms with E-state index in [1.165, 1.54) is 0 Å². The monoisotopic (exact) mass is 315 g/mol. The van der Waals surface area contributed by atoms with Crippen molar-refractivity contribution in [3.8, 4) is 11.3 Å². The molecule has 1 saturated heterocycles. The number of nitrogens with zero attached hydrogens (tertiary/aromatic N) is 3. The maximum Gasteiger partial charge on any atom is 0.361 e. The average Bonchev–Trinajstić information content (AvgIpc) is 2.94. The van der Waals surface area contributed by atoms with Gasteiger partial charge in [-0.2, -0.15) is 5.10 Å². The van der Waals surface area contributed by atoms with Crippen molar-refractivity contribution in [2.75, 3.05) is 37.8 Å². The predicted octanol–water partition coefficient (Wildman–Crippen LogP) is 2.10. The first-order chi connectivity index (χ1) is 11.2. The zero-order chi connectivity index (χ0) is 16.2. The zero-order valence-corrected chi connectivity index (χ0v) is 13.5. The van der Waals surface area contributed by atoms with Gasteiger partial charge in [0.15, 0.2) is 5.69 Å². The summed E-state index contributed by atoms with van der Waals surface area (Å²) in [4.78, 5) is 14.5. The highest BCUT2D eigenvalue weighted by Gasteiger charge is 2.28. The largest absolute Gasteiger partial charge is 0.461 e. The molecule has 0 unspecified atom stereocenters. The van der Waals surface area contributed by atoms with Crippen molar-refractivity contribution in [3.63, 3.8) is 0 Å². The lowest BCUT2D eigenvalue weighted by Gasteiger charge is -2.29. The number of benzene rings is 1. The standard InChI is InChI=1S/C17H21N3O3/c1-3-23-17(21)14-16(20-9-11-22-12-10-20)15(19(2)18-14)13-7-5-4-6-8-13/h4-8H,3,9-12H2,1-2H3. The molecule has 2 aromatic rings. The summed E-state index contributed by atoms with van der Waals surface area (Å²) in [5.41, 5.74) is 3.16. The molecule has 6 heteroatoms. The zero-order valence-electron chi connectivity index (χ0n) is 13.5. The molecule has 0 radical (unpaired) electrons. The Hall–Kier alpha value is -2.34. The molecule has 3 rings (SSSR count). The summed E-state index contributed by atoms with van der Waals surface area (Å²) in [7, 11) is 1.86. The minimum absolute atomic E-state index is 0.332. The molecule has 122 valence electrons. The van der Waals surface area contributed by atoms with Gasteiger partial charge < -0.3 is 14.4 Å². The van der Waals surface area contributed by atoms with Gasteiger partial charge in [0, 0.05) is 25.7 Å². The van der Waals surface area contributed by atoms with Crippen LogP contribution in [0.5, 0.6) is 0 Å². The summed E-state index contributed by atoms with van der Waals surface area (Å²) < 4.78 is 12.4. The molecule has 1 fully saturated rings. The molecule has 0 bridgehead atoms. The summed E-state index contributed by atoms with van der Waals surface area (Å²) in [5, 5.41) is 4.44. The second-order valence-corrected chi connectivity index (χ2v) is 5.36. The van der Waals surface area contributed by atoms with E-state index in [1.807, 2.05) is 37.4 Å². The van der Waals surface area contributed by atoms with E-state index in [0.29, 0.717) is 25.5 Å². The number of morpholine rings is 1. The molecule has 0 aliphatic carbocycles. The lowest BCUT2D eigenvalue weighted by Crippen LogP contribution is -2.37. The Balaban J connectivity index is 2.12. The third-order valence-corrected chi connectivity index (χ3v) is 3.87. The number of carbonyl (C=O) groups is 1. The number of aryl methyl sites for hydroxylation is 1. The Morgan fingerprint density at radius 1 is 1.26 bits per heavy atom. The number of hydrogen-bond donors (Lipinski definition) is 0. The molecule has 1 aromatic heterocycles. The van der Waals surface area contributed by atoms with E-state index in [-0.39, 0.29) is 5.97 Å². The van der Waals surface area contributed by atoms with Crippen molar-refractivity contribution in [1.82, 2.24) is 9.78 Å². The van der Waals surface area contributed by atoms with E-state index < -0.39 is 0 Å². The van der Waals surface area contributed by atoms with Gasteiger partial charge in [-0.05, 0) is 6.92 Å². The maximum absolute atomic E-state index is 12.3. The van der Waals surface area contributed by atoms with Gasteiger partial charge in [0.1, 0.15) is 0 Å². The molecule has 23 heavy (non-hydrogen) atoms. The number of aromatic nitrogens is 2. The van der Waals surface area contributed by atoms with Crippen LogP contribution in [0.4, 0.5) is 5.69 Å². The number of hydrogen-bond acceptors (Lipinski definition) is 5. The number of rotatable bonds is 4. The van der Waals surface area contributed by atoms with Crippen LogP contribution in [0.2, 0.25) is 0 Å². The molecule has 2 heterocycles. The van der Waals surface area contributed by atoms with E-state index >= 15 is 0 Å². The van der Waals surface area contributed by atoms with Crippen LogP contribution >= 0.6 is 0 Å². The molecule has 0 saturated carbocycles. The quantitative estimate of drug-likeness (QED) is 0.809. The van der Waals surface area contributed by atoms with Crippen molar-refractivity contribution < 1.29 is 14.3 Å². The van der Waals surface area contributed by atoms with Gasteiger partial charge in [0.05, 0.1) is 31.2 Å². The first kappa shape index (κ1) is 15.6. The van der Waals surface area contributed by atoms with Crippen LogP contribution in [0.1, 0.15) is 17.4 Å². The number of ether oxygens (including phenoxy) is 2. The fourth-order valence-electron chi connectivity index (χ4n) is 2.86. The van der Waals surface area contributed by atoms with Crippen molar-refractivity contribution >= 4 is 11.7 Å². The first-order valence-electron chi connectivity index (χ1n) is 7.84. The number of anilines is 1. The van der Waals surface area contributed by atoms with Gasteiger partial charge in [-0.25, -0.2) is 4.79 Å². The molecular formula is C17H21N3O3. The van der Waals surface area contributed by atoms with Crippen LogP contribution in [0.25, 0.3) is 11.3 Å². The topological polar surface area (TPSA) is 56.6 Å². The first-order valence-corrected chi connectivity index (χ1v) is 7.84.